The molecule has 4 heteroatoms. The topological polar surface area (TPSA) is 56.5 Å². The van der Waals surface area contributed by atoms with Gasteiger partial charge in [-0.3, -0.25) is 4.79 Å². The number of fused-ring (bicyclic) bond motifs is 3. The minimum Gasteiger partial charge on any atom is -0.464 e. The molecule has 1 heterocycles. The van der Waals surface area contributed by atoms with Crippen molar-refractivity contribution in [1.82, 2.24) is 0 Å². The van der Waals surface area contributed by atoms with E-state index < -0.39 is 5.92 Å². The van der Waals surface area contributed by atoms with Gasteiger partial charge in [0.25, 0.3) is 0 Å². The van der Waals surface area contributed by atoms with Crippen molar-refractivity contribution in [1.29, 1.82) is 0 Å². The summed E-state index contributed by atoms with van der Waals surface area (Å²) >= 11 is 0. The molecule has 2 aromatic carbocycles. The molecule has 0 N–H and O–H groups in total. The SMILES string of the molecule is C=C(CC)C(=O)C(CCC(C)=O)c1coc2ccc3cc(COC)ccc3c12. The van der Waals surface area contributed by atoms with Crippen molar-refractivity contribution in [3.8, 4) is 0 Å². The summed E-state index contributed by atoms with van der Waals surface area (Å²) < 4.78 is 11.0. The van der Waals surface area contributed by atoms with E-state index in [1.54, 1.807) is 20.3 Å². The Labute approximate surface area is 165 Å². The summed E-state index contributed by atoms with van der Waals surface area (Å²) in [4.78, 5) is 24.6. The van der Waals surface area contributed by atoms with Gasteiger partial charge < -0.3 is 13.9 Å². The van der Waals surface area contributed by atoms with Gasteiger partial charge in [-0.25, -0.2) is 0 Å². The van der Waals surface area contributed by atoms with E-state index in [4.69, 9.17) is 9.15 Å². The van der Waals surface area contributed by atoms with E-state index in [1.165, 1.54) is 0 Å². The maximum absolute atomic E-state index is 13.0. The maximum Gasteiger partial charge on any atom is 0.165 e. The van der Waals surface area contributed by atoms with Crippen LogP contribution in [0.1, 0.15) is 50.2 Å². The fourth-order valence-corrected chi connectivity index (χ4v) is 3.65. The lowest BCUT2D eigenvalue weighted by molar-refractivity contribution is -0.118. The molecule has 0 aliphatic heterocycles. The van der Waals surface area contributed by atoms with Gasteiger partial charge >= 0.3 is 0 Å². The van der Waals surface area contributed by atoms with Gasteiger partial charge in [-0.05, 0) is 53.8 Å². The third-order valence-electron chi connectivity index (χ3n) is 5.21. The Morgan fingerprint density at radius 3 is 2.68 bits per heavy atom. The van der Waals surface area contributed by atoms with Gasteiger partial charge in [-0.1, -0.05) is 31.7 Å². The van der Waals surface area contributed by atoms with Crippen LogP contribution < -0.4 is 0 Å². The van der Waals surface area contributed by atoms with Gasteiger partial charge in [0.05, 0.1) is 18.8 Å². The zero-order valence-corrected chi connectivity index (χ0v) is 16.7. The fraction of sp³-hybridized carbons (Fsp3) is 0.333. The Balaban J connectivity index is 2.16. The van der Waals surface area contributed by atoms with Crippen LogP contribution in [-0.4, -0.2) is 18.7 Å². The highest BCUT2D eigenvalue weighted by atomic mass is 16.5. The summed E-state index contributed by atoms with van der Waals surface area (Å²) in [5.41, 5.74) is 3.24. The Hall–Kier alpha value is -2.72. The van der Waals surface area contributed by atoms with Gasteiger partial charge in [0, 0.05) is 24.5 Å². The number of ether oxygens (including phenoxy) is 1. The summed E-state index contributed by atoms with van der Waals surface area (Å²) in [5, 5.41) is 3.04. The number of rotatable bonds is 9. The highest BCUT2D eigenvalue weighted by molar-refractivity contribution is 6.11. The molecule has 4 nitrogen and oxygen atoms in total. The summed E-state index contributed by atoms with van der Waals surface area (Å²) in [5.74, 6) is -0.372. The number of furan rings is 1. The van der Waals surface area contributed by atoms with Gasteiger partial charge in [0.15, 0.2) is 5.78 Å². The van der Waals surface area contributed by atoms with Crippen LogP contribution in [0.4, 0.5) is 0 Å². The molecule has 0 amide bonds. The molecule has 0 bridgehead atoms. The molecule has 28 heavy (non-hydrogen) atoms. The zero-order chi connectivity index (χ0) is 20.3. The number of allylic oxidation sites excluding steroid dienone is 1. The van der Waals surface area contributed by atoms with Crippen LogP contribution in [-0.2, 0) is 20.9 Å². The first-order valence-electron chi connectivity index (χ1n) is 9.59. The number of hydrogen-bond acceptors (Lipinski definition) is 4. The van der Waals surface area contributed by atoms with E-state index >= 15 is 0 Å². The second kappa shape index (κ2) is 8.53. The molecule has 0 aliphatic rings. The standard InChI is InChI=1S/C24H26O4/c1-5-15(2)24(26)20(9-6-16(3)25)21-14-28-22-11-8-18-12-17(13-27-4)7-10-19(18)23(21)22/h7-8,10-12,14,20H,2,5-6,9,13H2,1,3-4H3. The van der Waals surface area contributed by atoms with Crippen LogP contribution in [0.2, 0.25) is 0 Å². The van der Waals surface area contributed by atoms with Crippen LogP contribution in [0, 0.1) is 0 Å². The maximum atomic E-state index is 13.0. The third-order valence-corrected chi connectivity index (χ3v) is 5.21. The first-order chi connectivity index (χ1) is 13.5. The number of carbonyl (C=O) groups excluding carboxylic acids is 2. The Bertz CT molecular complexity index is 1040. The van der Waals surface area contributed by atoms with Gasteiger partial charge in [-0.2, -0.15) is 0 Å². The number of carbonyl (C=O) groups is 2. The zero-order valence-electron chi connectivity index (χ0n) is 16.7. The second-order valence-electron chi connectivity index (χ2n) is 7.23. The minimum absolute atomic E-state index is 0.0144. The summed E-state index contributed by atoms with van der Waals surface area (Å²) in [6.45, 7) is 7.94. The summed E-state index contributed by atoms with van der Waals surface area (Å²) in [7, 11) is 1.67. The number of benzene rings is 2. The predicted octanol–water partition coefficient (Wildman–Crippen LogP) is 5.72. The molecule has 0 saturated heterocycles. The molecule has 1 atom stereocenters. The average molecular weight is 378 g/mol. The normalized spacial score (nSPS) is 12.4. The van der Waals surface area contributed by atoms with Gasteiger partial charge in [-0.15, -0.1) is 0 Å². The predicted molar refractivity (Wildman–Crippen MR) is 112 cm³/mol. The molecule has 0 saturated carbocycles. The van der Waals surface area contributed by atoms with Crippen molar-refractivity contribution in [2.75, 3.05) is 7.11 Å². The largest absolute Gasteiger partial charge is 0.464 e. The van der Waals surface area contributed by atoms with E-state index in [2.05, 4.69) is 12.6 Å². The highest BCUT2D eigenvalue weighted by Crippen LogP contribution is 2.37. The van der Waals surface area contributed by atoms with Crippen molar-refractivity contribution >= 4 is 33.3 Å². The lowest BCUT2D eigenvalue weighted by Crippen LogP contribution is -2.15. The number of methoxy groups -OCH3 is 1. The molecule has 1 aromatic heterocycles. The van der Waals surface area contributed by atoms with E-state index in [-0.39, 0.29) is 11.6 Å². The van der Waals surface area contributed by atoms with Crippen molar-refractivity contribution in [3.05, 3.63) is 59.9 Å². The molecule has 0 aliphatic carbocycles. The number of ketones is 2. The molecule has 1 unspecified atom stereocenters. The van der Waals surface area contributed by atoms with Crippen molar-refractivity contribution in [2.24, 2.45) is 0 Å². The molecule has 0 radical (unpaired) electrons. The van der Waals surface area contributed by atoms with E-state index in [1.807, 2.05) is 31.2 Å². The molecular formula is C24H26O4. The van der Waals surface area contributed by atoms with E-state index in [0.717, 1.165) is 32.9 Å². The Kier molecular flexibility index (Phi) is 6.10. The highest BCUT2D eigenvalue weighted by Gasteiger charge is 2.26. The fourth-order valence-electron chi connectivity index (χ4n) is 3.65. The van der Waals surface area contributed by atoms with Crippen molar-refractivity contribution in [3.63, 3.8) is 0 Å². The third kappa shape index (κ3) is 3.92. The average Bonchev–Trinajstić information content (AvgIpc) is 3.11. The van der Waals surface area contributed by atoms with Gasteiger partial charge in [0.2, 0.25) is 0 Å². The summed E-state index contributed by atoms with van der Waals surface area (Å²) in [6, 6.07) is 10.1. The van der Waals surface area contributed by atoms with Crippen molar-refractivity contribution in [2.45, 2.75) is 45.6 Å². The smallest absolute Gasteiger partial charge is 0.165 e. The molecule has 0 spiro atoms. The summed E-state index contributed by atoms with van der Waals surface area (Å²) in [6.07, 6.45) is 3.06. The van der Waals surface area contributed by atoms with E-state index in [0.29, 0.717) is 31.4 Å². The molecular weight excluding hydrogens is 352 g/mol. The van der Waals surface area contributed by atoms with Crippen molar-refractivity contribution < 1.29 is 18.7 Å². The van der Waals surface area contributed by atoms with E-state index in [9.17, 15) is 9.59 Å². The quantitative estimate of drug-likeness (QED) is 0.447. The second-order valence-corrected chi connectivity index (χ2v) is 7.23. The first kappa shape index (κ1) is 20.0. The van der Waals surface area contributed by atoms with Crippen LogP contribution in [0.3, 0.4) is 0 Å². The Morgan fingerprint density at radius 1 is 1.21 bits per heavy atom. The molecule has 3 rings (SSSR count). The first-order valence-corrected chi connectivity index (χ1v) is 9.59. The van der Waals surface area contributed by atoms with Crippen LogP contribution in [0.25, 0.3) is 21.7 Å². The molecule has 146 valence electrons. The Morgan fingerprint density at radius 2 is 2.00 bits per heavy atom. The lowest BCUT2D eigenvalue weighted by atomic mass is 9.85. The molecule has 3 aromatic rings. The van der Waals surface area contributed by atoms with Gasteiger partial charge in [0.1, 0.15) is 11.4 Å². The molecule has 0 fully saturated rings. The lowest BCUT2D eigenvalue weighted by Gasteiger charge is -2.16. The van der Waals surface area contributed by atoms with Crippen LogP contribution in [0.5, 0.6) is 0 Å². The number of Topliss-reactive ketones (excluding diaryl/α,β-unsaturated/α-hetero) is 2. The monoisotopic (exact) mass is 378 g/mol. The van der Waals surface area contributed by atoms with Crippen LogP contribution >= 0.6 is 0 Å². The number of hydrogen-bond donors (Lipinski definition) is 0. The van der Waals surface area contributed by atoms with Crippen LogP contribution in [0.15, 0.2) is 53.2 Å². The minimum atomic E-state index is -0.429.